The van der Waals surface area contributed by atoms with Crippen LogP contribution in [0.25, 0.3) is 5.69 Å². The second-order valence-corrected chi connectivity index (χ2v) is 7.17. The van der Waals surface area contributed by atoms with Crippen LogP contribution >= 0.6 is 23.2 Å². The van der Waals surface area contributed by atoms with Gasteiger partial charge in [0.05, 0.1) is 10.0 Å². The van der Waals surface area contributed by atoms with Gasteiger partial charge in [0.15, 0.2) is 0 Å². The summed E-state index contributed by atoms with van der Waals surface area (Å²) >= 11 is 12.4. The van der Waals surface area contributed by atoms with Gasteiger partial charge in [0.1, 0.15) is 23.7 Å². The summed E-state index contributed by atoms with van der Waals surface area (Å²) in [7, 11) is 0. The van der Waals surface area contributed by atoms with E-state index in [4.69, 9.17) is 23.2 Å². The average molecular weight is 406 g/mol. The molecule has 1 fully saturated rings. The van der Waals surface area contributed by atoms with E-state index in [1.807, 2.05) is 0 Å². The first kappa shape index (κ1) is 17.9. The van der Waals surface area contributed by atoms with Crippen molar-refractivity contribution in [2.75, 3.05) is 6.54 Å². The quantitative estimate of drug-likeness (QED) is 0.680. The third kappa shape index (κ3) is 3.68. The number of hydrogen-bond acceptors (Lipinski definition) is 5. The highest BCUT2D eigenvalue weighted by molar-refractivity contribution is 6.37. The van der Waals surface area contributed by atoms with Gasteiger partial charge in [-0.15, -0.1) is 15.3 Å². The van der Waals surface area contributed by atoms with E-state index in [9.17, 15) is 4.79 Å². The lowest BCUT2D eigenvalue weighted by Crippen LogP contribution is -2.27. The predicted octanol–water partition coefficient (Wildman–Crippen LogP) is 2.78. The number of rotatable bonds is 6. The molecule has 0 unspecified atom stereocenters. The van der Waals surface area contributed by atoms with Crippen molar-refractivity contribution in [2.24, 2.45) is 0 Å². The topological polar surface area (TPSA) is 90.5 Å². The Labute approximate surface area is 165 Å². The number of carbonyl (C=O) groups is 1. The van der Waals surface area contributed by atoms with Crippen LogP contribution in [0.1, 0.15) is 41.2 Å². The third-order valence-corrected chi connectivity index (χ3v) is 4.95. The van der Waals surface area contributed by atoms with Gasteiger partial charge in [-0.1, -0.05) is 29.3 Å². The fourth-order valence-electron chi connectivity index (χ4n) is 2.86. The highest BCUT2D eigenvalue weighted by Gasteiger charge is 2.26. The molecule has 1 aliphatic rings. The van der Waals surface area contributed by atoms with Gasteiger partial charge < -0.3 is 9.88 Å². The average Bonchev–Trinajstić information content (AvgIpc) is 3.25. The Morgan fingerprint density at radius 3 is 2.74 bits per heavy atom. The summed E-state index contributed by atoms with van der Waals surface area (Å²) in [5, 5.41) is 16.0. The normalized spacial score (nSPS) is 13.7. The molecular weight excluding hydrogens is 389 g/mol. The molecule has 2 aromatic heterocycles. The molecule has 2 heterocycles. The van der Waals surface area contributed by atoms with Crippen LogP contribution in [0.4, 0.5) is 0 Å². The first-order valence-corrected chi connectivity index (χ1v) is 9.35. The number of benzene rings is 1. The van der Waals surface area contributed by atoms with Crippen molar-refractivity contribution in [3.8, 4) is 5.69 Å². The summed E-state index contributed by atoms with van der Waals surface area (Å²) in [5.74, 6) is 1.09. The van der Waals surface area contributed by atoms with E-state index in [0.29, 0.717) is 40.6 Å². The van der Waals surface area contributed by atoms with Crippen molar-refractivity contribution in [1.29, 1.82) is 0 Å². The van der Waals surface area contributed by atoms with Crippen LogP contribution in [0.3, 0.4) is 0 Å². The van der Waals surface area contributed by atoms with Crippen molar-refractivity contribution in [3.63, 3.8) is 0 Å². The number of aryl methyl sites for hydroxylation is 1. The van der Waals surface area contributed by atoms with Crippen LogP contribution in [0.15, 0.2) is 24.5 Å². The minimum absolute atomic E-state index is 0.0622. The minimum Gasteiger partial charge on any atom is -0.349 e. The zero-order chi connectivity index (χ0) is 19.0. The van der Waals surface area contributed by atoms with E-state index in [2.05, 4.69) is 30.2 Å². The highest BCUT2D eigenvalue weighted by atomic mass is 35.5. The van der Waals surface area contributed by atoms with Crippen LogP contribution in [0.2, 0.25) is 10.0 Å². The molecule has 8 nitrogen and oxygen atoms in total. The molecule has 27 heavy (non-hydrogen) atoms. The van der Waals surface area contributed by atoms with E-state index >= 15 is 0 Å². The third-order valence-electron chi connectivity index (χ3n) is 4.34. The largest absolute Gasteiger partial charge is 0.349 e. The lowest BCUT2D eigenvalue weighted by atomic mass is 10.3. The van der Waals surface area contributed by atoms with E-state index < -0.39 is 0 Å². The van der Waals surface area contributed by atoms with E-state index in [1.54, 1.807) is 31.5 Å². The number of halogens is 2. The summed E-state index contributed by atoms with van der Waals surface area (Å²) < 4.78 is 3.55. The fraction of sp³-hybridized carbons (Fsp3) is 0.353. The molecule has 0 aliphatic heterocycles. The molecule has 10 heteroatoms. The van der Waals surface area contributed by atoms with Crippen molar-refractivity contribution in [2.45, 2.75) is 32.2 Å². The van der Waals surface area contributed by atoms with Crippen LogP contribution in [-0.2, 0) is 6.42 Å². The molecule has 1 aromatic carbocycles. The Hall–Kier alpha value is -2.45. The molecule has 0 atom stereocenters. The molecule has 140 valence electrons. The fourth-order valence-corrected chi connectivity index (χ4v) is 3.42. The Kier molecular flexibility index (Phi) is 4.84. The first-order valence-electron chi connectivity index (χ1n) is 8.59. The SMILES string of the molecule is Cc1nc(C(=O)NCCc2nncn2C2CC2)nn1-c1c(Cl)cccc1Cl. The summed E-state index contributed by atoms with van der Waals surface area (Å²) in [4.78, 5) is 16.6. The maximum Gasteiger partial charge on any atom is 0.290 e. The lowest BCUT2D eigenvalue weighted by molar-refractivity contribution is 0.0943. The van der Waals surface area contributed by atoms with Gasteiger partial charge in [-0.2, -0.15) is 0 Å². The van der Waals surface area contributed by atoms with Gasteiger partial charge in [0.25, 0.3) is 5.91 Å². The van der Waals surface area contributed by atoms with Gasteiger partial charge in [0.2, 0.25) is 5.82 Å². The van der Waals surface area contributed by atoms with Gasteiger partial charge >= 0.3 is 0 Å². The van der Waals surface area contributed by atoms with Crippen molar-refractivity contribution >= 4 is 29.1 Å². The standard InChI is InChI=1S/C17H17Cl2N7O/c1-10-22-16(24-26(10)15-12(18)3-2-4-13(15)19)17(27)20-8-7-14-23-21-9-25(14)11-5-6-11/h2-4,9,11H,5-8H2,1H3,(H,20,27). The summed E-state index contributed by atoms with van der Waals surface area (Å²) in [6.45, 7) is 2.16. The predicted molar refractivity (Wildman–Crippen MR) is 100 cm³/mol. The lowest BCUT2D eigenvalue weighted by Gasteiger charge is -2.07. The van der Waals surface area contributed by atoms with E-state index in [1.165, 1.54) is 4.68 Å². The van der Waals surface area contributed by atoms with Gasteiger partial charge in [-0.3, -0.25) is 4.79 Å². The molecule has 0 spiro atoms. The number of para-hydroxylation sites is 1. The number of amides is 1. The van der Waals surface area contributed by atoms with E-state index in [-0.39, 0.29) is 11.7 Å². The maximum atomic E-state index is 12.4. The number of aromatic nitrogens is 6. The molecule has 1 aliphatic carbocycles. The molecule has 1 N–H and O–H groups in total. The molecule has 1 amide bonds. The second-order valence-electron chi connectivity index (χ2n) is 6.36. The molecule has 4 rings (SSSR count). The Balaban J connectivity index is 1.44. The number of nitrogens with one attached hydrogen (secondary N) is 1. The smallest absolute Gasteiger partial charge is 0.290 e. The summed E-state index contributed by atoms with van der Waals surface area (Å²) in [6, 6.07) is 5.67. The Morgan fingerprint density at radius 1 is 1.30 bits per heavy atom. The van der Waals surface area contributed by atoms with Gasteiger partial charge in [-0.05, 0) is 31.9 Å². The summed E-state index contributed by atoms with van der Waals surface area (Å²) in [6.07, 6.45) is 4.65. The number of nitrogens with zero attached hydrogens (tertiary/aromatic N) is 6. The molecule has 0 bridgehead atoms. The van der Waals surface area contributed by atoms with Crippen LogP contribution < -0.4 is 5.32 Å². The number of carbonyl (C=O) groups excluding carboxylic acids is 1. The Morgan fingerprint density at radius 2 is 2.04 bits per heavy atom. The first-order chi connectivity index (χ1) is 13.0. The van der Waals surface area contributed by atoms with Crippen molar-refractivity contribution < 1.29 is 4.79 Å². The molecule has 0 saturated heterocycles. The number of hydrogen-bond donors (Lipinski definition) is 1. The molecular formula is C17H17Cl2N7O. The van der Waals surface area contributed by atoms with Crippen LogP contribution in [-0.4, -0.2) is 42.0 Å². The molecule has 0 radical (unpaired) electrons. The minimum atomic E-state index is -0.363. The van der Waals surface area contributed by atoms with Crippen molar-refractivity contribution in [1.82, 2.24) is 34.8 Å². The van der Waals surface area contributed by atoms with Gasteiger partial charge in [-0.25, -0.2) is 9.67 Å². The maximum absolute atomic E-state index is 12.4. The Bertz CT molecular complexity index is 973. The van der Waals surface area contributed by atoms with E-state index in [0.717, 1.165) is 18.7 Å². The second kappa shape index (κ2) is 7.28. The summed E-state index contributed by atoms with van der Waals surface area (Å²) in [5.41, 5.74) is 0.502. The molecule has 3 aromatic rings. The molecule has 1 saturated carbocycles. The zero-order valence-corrected chi connectivity index (χ0v) is 16.1. The monoisotopic (exact) mass is 405 g/mol. The van der Waals surface area contributed by atoms with Crippen molar-refractivity contribution in [3.05, 3.63) is 52.0 Å². The van der Waals surface area contributed by atoms with Crippen LogP contribution in [0.5, 0.6) is 0 Å². The highest BCUT2D eigenvalue weighted by Crippen LogP contribution is 2.35. The zero-order valence-electron chi connectivity index (χ0n) is 14.6. The van der Waals surface area contributed by atoms with Gasteiger partial charge in [0, 0.05) is 19.0 Å². The van der Waals surface area contributed by atoms with Crippen LogP contribution in [0, 0.1) is 6.92 Å².